The Morgan fingerprint density at radius 3 is 2.45 bits per heavy atom. The Morgan fingerprint density at radius 2 is 1.85 bits per heavy atom. The number of pyridine rings is 1. The van der Waals surface area contributed by atoms with Crippen LogP contribution in [0.3, 0.4) is 0 Å². The van der Waals surface area contributed by atoms with E-state index in [1.165, 1.54) is 31.2 Å². The number of benzene rings is 2. The van der Waals surface area contributed by atoms with Crippen molar-refractivity contribution in [1.82, 2.24) is 9.99 Å². The van der Waals surface area contributed by atoms with Crippen molar-refractivity contribution >= 4 is 22.8 Å². The van der Waals surface area contributed by atoms with Crippen LogP contribution in [0.25, 0.3) is 10.8 Å². The van der Waals surface area contributed by atoms with E-state index in [2.05, 4.69) is 5.32 Å². The molecule has 1 atom stereocenters. The average Bonchev–Trinajstić information content (AvgIpc) is 2.83. The van der Waals surface area contributed by atoms with Gasteiger partial charge < -0.3 is 10.1 Å². The van der Waals surface area contributed by atoms with E-state index in [1.807, 2.05) is 0 Å². The van der Waals surface area contributed by atoms with Gasteiger partial charge in [-0.2, -0.15) is 0 Å². The summed E-state index contributed by atoms with van der Waals surface area (Å²) < 4.78 is 48.9. The summed E-state index contributed by atoms with van der Waals surface area (Å²) in [6.07, 6.45) is 1.59. The number of alkyl halides is 1. The van der Waals surface area contributed by atoms with Gasteiger partial charge in [-0.1, -0.05) is 30.7 Å². The Hall–Kier alpha value is -3.82. The van der Waals surface area contributed by atoms with Crippen molar-refractivity contribution in [1.29, 1.82) is 0 Å². The number of hydrogen-bond donors (Lipinski definition) is 1. The second-order valence-electron chi connectivity index (χ2n) is 11.1. The second-order valence-corrected chi connectivity index (χ2v) is 11.1. The molecule has 1 unspecified atom stereocenters. The zero-order chi connectivity index (χ0) is 29.2. The van der Waals surface area contributed by atoms with E-state index in [9.17, 15) is 23.2 Å². The molecule has 3 aromatic rings. The topological polar surface area (TPSA) is 80.6 Å². The minimum Gasteiger partial charge on any atom is -0.442 e. The first-order chi connectivity index (χ1) is 18.9. The molecule has 1 fully saturated rings. The van der Waals surface area contributed by atoms with Crippen molar-refractivity contribution in [2.45, 2.75) is 65.0 Å². The molecule has 1 N–H and O–H groups in total. The highest BCUT2D eigenvalue weighted by atomic mass is 19.1. The maximum absolute atomic E-state index is 15.2. The first-order valence-corrected chi connectivity index (χ1v) is 13.4. The summed E-state index contributed by atoms with van der Waals surface area (Å²) in [5.74, 6) is -1.85. The van der Waals surface area contributed by atoms with Crippen LogP contribution >= 0.6 is 0 Å². The summed E-state index contributed by atoms with van der Waals surface area (Å²) in [6, 6.07) is 9.43. The van der Waals surface area contributed by atoms with Gasteiger partial charge in [-0.05, 0) is 76.6 Å². The summed E-state index contributed by atoms with van der Waals surface area (Å²) >= 11 is 0. The second kappa shape index (κ2) is 11.7. The Labute approximate surface area is 230 Å². The quantitative estimate of drug-likeness (QED) is 0.363. The van der Waals surface area contributed by atoms with Gasteiger partial charge in [-0.25, -0.2) is 23.3 Å². The molecular formula is C30H34F3N3O4. The highest BCUT2D eigenvalue weighted by Crippen LogP contribution is 2.38. The predicted molar refractivity (Wildman–Crippen MR) is 147 cm³/mol. The molecule has 1 heterocycles. The highest BCUT2D eigenvalue weighted by Gasteiger charge is 2.33. The van der Waals surface area contributed by atoms with Gasteiger partial charge in [0.1, 0.15) is 17.2 Å². The van der Waals surface area contributed by atoms with Gasteiger partial charge in [-0.3, -0.25) is 14.0 Å². The summed E-state index contributed by atoms with van der Waals surface area (Å²) in [7, 11) is 0. The van der Waals surface area contributed by atoms with Gasteiger partial charge in [0.25, 0.3) is 11.5 Å². The van der Waals surface area contributed by atoms with Crippen LogP contribution in [0.2, 0.25) is 0 Å². The largest absolute Gasteiger partial charge is 0.442 e. The van der Waals surface area contributed by atoms with E-state index in [0.29, 0.717) is 5.56 Å². The molecule has 0 radical (unpaired) electrons. The molecule has 1 aliphatic rings. The smallest absolute Gasteiger partial charge is 0.429 e. The fraction of sp³-hybridized carbons (Fsp3) is 0.433. The van der Waals surface area contributed by atoms with Crippen molar-refractivity contribution in [2.24, 2.45) is 5.92 Å². The molecular weight excluding hydrogens is 523 g/mol. The van der Waals surface area contributed by atoms with Crippen LogP contribution in [0.4, 0.5) is 18.0 Å². The van der Waals surface area contributed by atoms with Crippen molar-refractivity contribution in [3.8, 4) is 0 Å². The third-order valence-electron chi connectivity index (χ3n) is 7.06. The first-order valence-electron chi connectivity index (χ1n) is 13.4. The van der Waals surface area contributed by atoms with Gasteiger partial charge in [0.05, 0.1) is 29.4 Å². The van der Waals surface area contributed by atoms with Crippen molar-refractivity contribution < 1.29 is 27.5 Å². The SMILES string of the molecule is Cc1c(C(=O)NC(c2cccc(F)c2)C2CCC2)c2cccc(F)c2c(=O)n1N(CCCF)C(=O)OC(C)(C)C. The van der Waals surface area contributed by atoms with E-state index < -0.39 is 52.9 Å². The molecule has 40 heavy (non-hydrogen) atoms. The molecule has 1 aromatic heterocycles. The third kappa shape index (κ3) is 6.00. The number of amides is 2. The van der Waals surface area contributed by atoms with Crippen LogP contribution < -0.4 is 15.9 Å². The summed E-state index contributed by atoms with van der Waals surface area (Å²) in [6.45, 7) is 5.35. The van der Waals surface area contributed by atoms with Crippen LogP contribution in [-0.2, 0) is 4.74 Å². The highest BCUT2D eigenvalue weighted by molar-refractivity contribution is 6.08. The fourth-order valence-electron chi connectivity index (χ4n) is 5.04. The molecule has 0 bridgehead atoms. The lowest BCUT2D eigenvalue weighted by molar-refractivity contribution is 0.0532. The van der Waals surface area contributed by atoms with E-state index in [0.717, 1.165) is 35.0 Å². The molecule has 1 aliphatic carbocycles. The number of aromatic nitrogens is 1. The summed E-state index contributed by atoms with van der Waals surface area (Å²) in [5, 5.41) is 3.57. The standard InChI is InChI=1S/C30H34F3N3O4/c1-18-24(27(37)34-26(19-9-5-10-19)20-11-6-12-21(32)17-20)22-13-7-14-23(33)25(22)28(38)36(18)35(16-8-15-31)29(39)40-30(2,3)4/h6-7,11-14,17,19,26H,5,8-10,15-16H2,1-4H3,(H,34,37). The zero-order valence-corrected chi connectivity index (χ0v) is 23.1. The van der Waals surface area contributed by atoms with Crippen LogP contribution in [-0.4, -0.2) is 35.5 Å². The Bertz CT molecular complexity index is 1480. The first kappa shape index (κ1) is 29.2. The number of fused-ring (bicyclic) bond motifs is 1. The number of carbonyl (C=O) groups excluding carboxylic acids is 2. The van der Waals surface area contributed by atoms with Crippen LogP contribution in [0.1, 0.15) is 74.1 Å². The molecule has 2 aromatic carbocycles. The van der Waals surface area contributed by atoms with Crippen LogP contribution in [0.15, 0.2) is 47.3 Å². The van der Waals surface area contributed by atoms with Gasteiger partial charge in [0, 0.05) is 11.9 Å². The van der Waals surface area contributed by atoms with Gasteiger partial charge in [0.15, 0.2) is 0 Å². The van der Waals surface area contributed by atoms with Gasteiger partial charge in [0.2, 0.25) is 0 Å². The van der Waals surface area contributed by atoms with Crippen molar-refractivity contribution in [3.63, 3.8) is 0 Å². The van der Waals surface area contributed by atoms with E-state index >= 15 is 4.39 Å². The Morgan fingerprint density at radius 1 is 1.15 bits per heavy atom. The van der Waals surface area contributed by atoms with Crippen LogP contribution in [0.5, 0.6) is 0 Å². The molecule has 4 rings (SSSR count). The van der Waals surface area contributed by atoms with Gasteiger partial charge in [-0.15, -0.1) is 0 Å². The summed E-state index contributed by atoms with van der Waals surface area (Å²) in [4.78, 5) is 40.8. The molecule has 7 nitrogen and oxygen atoms in total. The molecule has 0 aliphatic heterocycles. The molecule has 10 heteroatoms. The maximum atomic E-state index is 15.2. The Balaban J connectivity index is 1.88. The average molecular weight is 558 g/mol. The summed E-state index contributed by atoms with van der Waals surface area (Å²) in [5.41, 5.74) is -1.20. The predicted octanol–water partition coefficient (Wildman–Crippen LogP) is 6.09. The number of halogens is 3. The number of nitrogens with zero attached hydrogens (tertiary/aromatic N) is 2. The fourth-order valence-corrected chi connectivity index (χ4v) is 5.04. The molecule has 2 amide bonds. The minimum absolute atomic E-state index is 0.0244. The lowest BCUT2D eigenvalue weighted by Gasteiger charge is -2.35. The van der Waals surface area contributed by atoms with Crippen molar-refractivity contribution in [2.75, 3.05) is 18.2 Å². The zero-order valence-electron chi connectivity index (χ0n) is 23.1. The van der Waals surface area contributed by atoms with Crippen LogP contribution in [0, 0.1) is 24.5 Å². The minimum atomic E-state index is -0.944. The number of nitrogens with one attached hydrogen (secondary N) is 1. The molecule has 0 saturated heterocycles. The third-order valence-corrected chi connectivity index (χ3v) is 7.06. The molecule has 214 valence electrons. The van der Waals surface area contributed by atoms with E-state index in [4.69, 9.17) is 4.74 Å². The number of carbonyl (C=O) groups is 2. The molecule has 0 spiro atoms. The normalized spacial score (nSPS) is 14.5. The van der Waals surface area contributed by atoms with E-state index in [1.54, 1.807) is 32.9 Å². The lowest BCUT2D eigenvalue weighted by atomic mass is 9.77. The lowest BCUT2D eigenvalue weighted by Crippen LogP contribution is -2.51. The molecule has 1 saturated carbocycles. The number of ether oxygens (including phenoxy) is 1. The maximum Gasteiger partial charge on any atom is 0.429 e. The monoisotopic (exact) mass is 557 g/mol. The van der Waals surface area contributed by atoms with Crippen molar-refractivity contribution in [3.05, 3.63) is 81.3 Å². The van der Waals surface area contributed by atoms with Gasteiger partial charge >= 0.3 is 6.09 Å². The number of hydrogen-bond acceptors (Lipinski definition) is 4. The Kier molecular flexibility index (Phi) is 8.56. The number of rotatable bonds is 8. The van der Waals surface area contributed by atoms with E-state index in [-0.39, 0.29) is 35.5 Å².